The standard InChI is InChI=1S/C15H16N2OS2/c1-2-17(10-13-4-3-9-20-13)15(18)12-7-5-11(6-8-12)14(16)19/h3-9H,2,10H2,1H3,(H2,16,19). The number of nitrogens with zero attached hydrogens (tertiary/aromatic N) is 1. The fraction of sp³-hybridized carbons (Fsp3) is 0.200. The molecule has 1 amide bonds. The Labute approximate surface area is 128 Å². The molecule has 0 spiro atoms. The third-order valence-electron chi connectivity index (χ3n) is 3.01. The molecule has 2 N–H and O–H groups in total. The van der Waals surface area contributed by atoms with Crippen molar-refractivity contribution in [2.75, 3.05) is 6.54 Å². The molecule has 0 bridgehead atoms. The van der Waals surface area contributed by atoms with Gasteiger partial charge in [0, 0.05) is 22.5 Å². The molecule has 0 saturated carbocycles. The number of hydrogen-bond acceptors (Lipinski definition) is 3. The van der Waals surface area contributed by atoms with Crippen molar-refractivity contribution in [2.45, 2.75) is 13.5 Å². The second-order valence-electron chi connectivity index (χ2n) is 4.34. The van der Waals surface area contributed by atoms with Crippen molar-refractivity contribution in [1.29, 1.82) is 0 Å². The van der Waals surface area contributed by atoms with Gasteiger partial charge in [-0.3, -0.25) is 4.79 Å². The average molecular weight is 304 g/mol. The first-order valence-electron chi connectivity index (χ1n) is 6.33. The second kappa shape index (κ2) is 6.63. The van der Waals surface area contributed by atoms with Crippen molar-refractivity contribution >= 4 is 34.5 Å². The number of carbonyl (C=O) groups is 1. The van der Waals surface area contributed by atoms with Gasteiger partial charge in [-0.25, -0.2) is 0 Å². The van der Waals surface area contributed by atoms with E-state index in [1.807, 2.05) is 29.3 Å². The van der Waals surface area contributed by atoms with E-state index in [-0.39, 0.29) is 5.91 Å². The molecule has 1 aromatic carbocycles. The summed E-state index contributed by atoms with van der Waals surface area (Å²) in [5.41, 5.74) is 6.99. The molecule has 3 nitrogen and oxygen atoms in total. The van der Waals surface area contributed by atoms with Gasteiger partial charge in [-0.15, -0.1) is 11.3 Å². The van der Waals surface area contributed by atoms with Crippen LogP contribution in [0.3, 0.4) is 0 Å². The number of amides is 1. The number of thiophene rings is 1. The van der Waals surface area contributed by atoms with Crippen molar-refractivity contribution in [3.63, 3.8) is 0 Å². The highest BCUT2D eigenvalue weighted by atomic mass is 32.1. The summed E-state index contributed by atoms with van der Waals surface area (Å²) in [7, 11) is 0. The maximum Gasteiger partial charge on any atom is 0.254 e. The van der Waals surface area contributed by atoms with Crippen LogP contribution in [-0.4, -0.2) is 22.3 Å². The number of nitrogens with two attached hydrogens (primary N) is 1. The van der Waals surface area contributed by atoms with E-state index in [2.05, 4.69) is 0 Å². The van der Waals surface area contributed by atoms with Crippen LogP contribution < -0.4 is 5.73 Å². The minimum atomic E-state index is 0.0235. The summed E-state index contributed by atoms with van der Waals surface area (Å²) >= 11 is 6.56. The molecule has 20 heavy (non-hydrogen) atoms. The molecule has 1 aromatic heterocycles. The third kappa shape index (κ3) is 3.43. The van der Waals surface area contributed by atoms with Crippen LogP contribution in [0.25, 0.3) is 0 Å². The molecule has 1 heterocycles. The van der Waals surface area contributed by atoms with Gasteiger partial charge >= 0.3 is 0 Å². The van der Waals surface area contributed by atoms with E-state index in [4.69, 9.17) is 18.0 Å². The first-order valence-corrected chi connectivity index (χ1v) is 7.62. The van der Waals surface area contributed by atoms with Crippen molar-refractivity contribution in [3.05, 3.63) is 57.8 Å². The Hall–Kier alpha value is -1.72. The predicted octanol–water partition coefficient (Wildman–Crippen LogP) is 3.04. The molecular formula is C15H16N2OS2. The molecule has 2 rings (SSSR count). The van der Waals surface area contributed by atoms with Crippen molar-refractivity contribution in [1.82, 2.24) is 4.90 Å². The summed E-state index contributed by atoms with van der Waals surface area (Å²) in [6, 6.07) is 11.1. The normalized spacial score (nSPS) is 10.2. The van der Waals surface area contributed by atoms with Crippen LogP contribution in [-0.2, 0) is 6.54 Å². The maximum absolute atomic E-state index is 12.4. The van der Waals surface area contributed by atoms with Gasteiger partial charge in [-0.1, -0.05) is 30.4 Å². The largest absolute Gasteiger partial charge is 0.389 e. The van der Waals surface area contributed by atoms with Crippen molar-refractivity contribution in [3.8, 4) is 0 Å². The van der Waals surface area contributed by atoms with E-state index in [1.54, 1.807) is 35.6 Å². The molecule has 0 saturated heterocycles. The maximum atomic E-state index is 12.4. The lowest BCUT2D eigenvalue weighted by atomic mass is 10.1. The number of rotatable bonds is 5. The van der Waals surface area contributed by atoms with E-state index < -0.39 is 0 Å². The Bertz CT molecular complexity index is 591. The molecular weight excluding hydrogens is 288 g/mol. The number of thiocarbonyl (C=S) groups is 1. The number of carbonyl (C=O) groups excluding carboxylic acids is 1. The number of benzene rings is 1. The lowest BCUT2D eigenvalue weighted by Gasteiger charge is -2.20. The fourth-order valence-corrected chi connectivity index (χ4v) is 2.73. The molecule has 0 aliphatic carbocycles. The van der Waals surface area contributed by atoms with Gasteiger partial charge in [0.1, 0.15) is 4.99 Å². The molecule has 0 fully saturated rings. The van der Waals surface area contributed by atoms with E-state index in [1.165, 1.54) is 4.88 Å². The summed E-state index contributed by atoms with van der Waals surface area (Å²) in [4.78, 5) is 15.8. The van der Waals surface area contributed by atoms with E-state index >= 15 is 0 Å². The highest BCUT2D eigenvalue weighted by molar-refractivity contribution is 7.80. The minimum Gasteiger partial charge on any atom is -0.389 e. The Morgan fingerprint density at radius 2 is 1.90 bits per heavy atom. The van der Waals surface area contributed by atoms with Gasteiger partial charge in [0.25, 0.3) is 5.91 Å². The summed E-state index contributed by atoms with van der Waals surface area (Å²) in [6.07, 6.45) is 0. The minimum absolute atomic E-state index is 0.0235. The van der Waals surface area contributed by atoms with Gasteiger partial charge in [0.15, 0.2) is 0 Å². The number of hydrogen-bond donors (Lipinski definition) is 1. The molecule has 2 aromatic rings. The van der Waals surface area contributed by atoms with Gasteiger partial charge in [0.05, 0.1) is 6.54 Å². The first-order chi connectivity index (χ1) is 9.61. The SMILES string of the molecule is CCN(Cc1cccs1)C(=O)c1ccc(C(N)=S)cc1. The zero-order chi connectivity index (χ0) is 14.5. The molecule has 0 aliphatic heterocycles. The average Bonchev–Trinajstić information content (AvgIpc) is 2.97. The van der Waals surface area contributed by atoms with Crippen LogP contribution in [0.5, 0.6) is 0 Å². The molecule has 104 valence electrons. The first kappa shape index (κ1) is 14.7. The van der Waals surface area contributed by atoms with Crippen LogP contribution in [0.2, 0.25) is 0 Å². The van der Waals surface area contributed by atoms with Crippen LogP contribution in [0.1, 0.15) is 27.7 Å². The molecule has 0 aliphatic rings. The zero-order valence-corrected chi connectivity index (χ0v) is 12.8. The van der Waals surface area contributed by atoms with Gasteiger partial charge in [-0.05, 0) is 30.5 Å². The lowest BCUT2D eigenvalue weighted by Crippen LogP contribution is -2.30. The summed E-state index contributed by atoms with van der Waals surface area (Å²) in [5, 5.41) is 2.02. The Morgan fingerprint density at radius 1 is 1.25 bits per heavy atom. The predicted molar refractivity (Wildman–Crippen MR) is 87.1 cm³/mol. The highest BCUT2D eigenvalue weighted by Crippen LogP contribution is 2.14. The summed E-state index contributed by atoms with van der Waals surface area (Å²) in [6.45, 7) is 3.30. The third-order valence-corrected chi connectivity index (χ3v) is 4.11. The van der Waals surface area contributed by atoms with E-state index in [0.717, 1.165) is 5.56 Å². The molecule has 0 atom stereocenters. The van der Waals surface area contributed by atoms with Gasteiger partial charge < -0.3 is 10.6 Å². The fourth-order valence-electron chi connectivity index (χ4n) is 1.88. The van der Waals surface area contributed by atoms with Crippen LogP contribution in [0.15, 0.2) is 41.8 Å². The molecule has 0 unspecified atom stereocenters. The molecule has 0 radical (unpaired) electrons. The molecule has 5 heteroatoms. The Kier molecular flexibility index (Phi) is 4.87. The van der Waals surface area contributed by atoms with Gasteiger partial charge in [-0.2, -0.15) is 0 Å². The van der Waals surface area contributed by atoms with Crippen LogP contribution >= 0.6 is 23.6 Å². The van der Waals surface area contributed by atoms with Crippen molar-refractivity contribution in [2.24, 2.45) is 5.73 Å². The lowest BCUT2D eigenvalue weighted by molar-refractivity contribution is 0.0754. The van der Waals surface area contributed by atoms with Gasteiger partial charge in [0.2, 0.25) is 0 Å². The Balaban J connectivity index is 2.13. The second-order valence-corrected chi connectivity index (χ2v) is 5.81. The quantitative estimate of drug-likeness (QED) is 0.864. The van der Waals surface area contributed by atoms with Crippen molar-refractivity contribution < 1.29 is 4.79 Å². The Morgan fingerprint density at radius 3 is 2.40 bits per heavy atom. The van der Waals surface area contributed by atoms with Crippen LogP contribution in [0, 0.1) is 0 Å². The monoisotopic (exact) mass is 304 g/mol. The summed E-state index contributed by atoms with van der Waals surface area (Å²) in [5.74, 6) is 0.0235. The van der Waals surface area contributed by atoms with E-state index in [9.17, 15) is 4.79 Å². The zero-order valence-electron chi connectivity index (χ0n) is 11.2. The highest BCUT2D eigenvalue weighted by Gasteiger charge is 2.15. The smallest absolute Gasteiger partial charge is 0.254 e. The summed E-state index contributed by atoms with van der Waals surface area (Å²) < 4.78 is 0. The topological polar surface area (TPSA) is 46.3 Å². The van der Waals surface area contributed by atoms with Crippen LogP contribution in [0.4, 0.5) is 0 Å². The van der Waals surface area contributed by atoms with E-state index in [0.29, 0.717) is 23.6 Å².